The molecule has 1 aromatic carbocycles. The Kier molecular flexibility index (Phi) is 6.16. The standard InChI is InChI=1S/C17H18FN3O2S.ClH/c1-21-7-6-12-13(9-21)24-17(15(12)16(19)23)20-14(22)8-10-2-4-11(18)5-3-10;/h2-5H,6-9H2,1H3,(H2,19,23)(H,20,22);1H. The minimum Gasteiger partial charge on any atom is -0.365 e. The van der Waals surface area contributed by atoms with E-state index in [1.165, 1.54) is 23.5 Å². The summed E-state index contributed by atoms with van der Waals surface area (Å²) in [5.41, 5.74) is 7.60. The van der Waals surface area contributed by atoms with Crippen LogP contribution in [0.15, 0.2) is 24.3 Å². The summed E-state index contributed by atoms with van der Waals surface area (Å²) >= 11 is 1.40. The van der Waals surface area contributed by atoms with Gasteiger partial charge < -0.3 is 16.0 Å². The first-order valence-electron chi connectivity index (χ1n) is 7.61. The van der Waals surface area contributed by atoms with Crippen LogP contribution < -0.4 is 11.1 Å². The monoisotopic (exact) mass is 383 g/mol. The number of halogens is 2. The van der Waals surface area contributed by atoms with Crippen LogP contribution in [0.2, 0.25) is 0 Å². The van der Waals surface area contributed by atoms with E-state index in [0.717, 1.165) is 30.0 Å². The molecule has 0 fully saturated rings. The summed E-state index contributed by atoms with van der Waals surface area (Å²) in [6.07, 6.45) is 0.857. The number of benzene rings is 1. The van der Waals surface area contributed by atoms with Gasteiger partial charge in [-0.25, -0.2) is 4.39 Å². The normalized spacial score (nSPS) is 13.7. The van der Waals surface area contributed by atoms with Crippen LogP contribution >= 0.6 is 23.7 Å². The number of carbonyl (C=O) groups is 2. The first-order valence-corrected chi connectivity index (χ1v) is 8.43. The summed E-state index contributed by atoms with van der Waals surface area (Å²) in [5, 5.41) is 3.30. The van der Waals surface area contributed by atoms with E-state index in [9.17, 15) is 14.0 Å². The number of hydrogen-bond donors (Lipinski definition) is 2. The molecule has 8 heteroatoms. The first-order chi connectivity index (χ1) is 11.4. The van der Waals surface area contributed by atoms with Crippen LogP contribution in [0.5, 0.6) is 0 Å². The van der Waals surface area contributed by atoms with Crippen molar-refractivity contribution in [3.63, 3.8) is 0 Å². The number of amides is 2. The molecule has 0 atom stereocenters. The van der Waals surface area contributed by atoms with Crippen molar-refractivity contribution < 1.29 is 14.0 Å². The van der Waals surface area contributed by atoms with Gasteiger partial charge in [-0.15, -0.1) is 23.7 Å². The van der Waals surface area contributed by atoms with Crippen molar-refractivity contribution >= 4 is 40.6 Å². The van der Waals surface area contributed by atoms with Crippen LogP contribution in [-0.4, -0.2) is 30.3 Å². The molecule has 0 saturated heterocycles. The number of anilines is 1. The van der Waals surface area contributed by atoms with Crippen LogP contribution in [0.1, 0.15) is 26.4 Å². The van der Waals surface area contributed by atoms with Gasteiger partial charge in [0.25, 0.3) is 5.91 Å². The fourth-order valence-corrected chi connectivity index (χ4v) is 4.19. The van der Waals surface area contributed by atoms with Crippen LogP contribution in [-0.2, 0) is 24.2 Å². The highest BCUT2D eigenvalue weighted by Gasteiger charge is 2.26. The van der Waals surface area contributed by atoms with Gasteiger partial charge in [-0.3, -0.25) is 9.59 Å². The molecule has 0 bridgehead atoms. The quantitative estimate of drug-likeness (QED) is 0.852. The van der Waals surface area contributed by atoms with Gasteiger partial charge in [0, 0.05) is 18.0 Å². The second-order valence-corrected chi connectivity index (χ2v) is 7.02. The fourth-order valence-electron chi connectivity index (χ4n) is 2.84. The topological polar surface area (TPSA) is 75.4 Å². The summed E-state index contributed by atoms with van der Waals surface area (Å²) in [7, 11) is 2.01. The predicted octanol–water partition coefficient (Wildman–Crippen LogP) is 2.58. The molecule has 2 amide bonds. The molecule has 1 aromatic heterocycles. The third-order valence-corrected chi connectivity index (χ3v) is 5.16. The summed E-state index contributed by atoms with van der Waals surface area (Å²) in [4.78, 5) is 27.3. The first kappa shape index (κ1) is 19.4. The number of thiophene rings is 1. The lowest BCUT2D eigenvalue weighted by Crippen LogP contribution is -2.27. The molecule has 0 spiro atoms. The Labute approximate surface area is 155 Å². The molecule has 2 heterocycles. The number of nitrogens with one attached hydrogen (secondary N) is 1. The molecule has 0 unspecified atom stereocenters. The molecular weight excluding hydrogens is 365 g/mol. The molecule has 3 rings (SSSR count). The lowest BCUT2D eigenvalue weighted by atomic mass is 10.0. The Morgan fingerprint density at radius 1 is 1.32 bits per heavy atom. The Bertz CT molecular complexity index is 792. The average molecular weight is 384 g/mol. The van der Waals surface area contributed by atoms with Crippen molar-refractivity contribution in [1.82, 2.24) is 4.90 Å². The lowest BCUT2D eigenvalue weighted by Gasteiger charge is -2.22. The highest BCUT2D eigenvalue weighted by atomic mass is 35.5. The Hall–Kier alpha value is -1.96. The summed E-state index contributed by atoms with van der Waals surface area (Å²) in [6.45, 7) is 1.60. The second kappa shape index (κ2) is 7.95. The molecule has 1 aliphatic rings. The maximum Gasteiger partial charge on any atom is 0.251 e. The molecule has 3 N–H and O–H groups in total. The maximum atomic E-state index is 12.9. The average Bonchev–Trinajstić information content (AvgIpc) is 2.86. The lowest BCUT2D eigenvalue weighted by molar-refractivity contribution is -0.115. The fraction of sp³-hybridized carbons (Fsp3) is 0.294. The van der Waals surface area contributed by atoms with Gasteiger partial charge in [0.1, 0.15) is 10.8 Å². The SMILES string of the molecule is CN1CCc2c(sc(NC(=O)Cc3ccc(F)cc3)c2C(N)=O)C1.Cl. The van der Waals surface area contributed by atoms with Crippen LogP contribution in [0, 0.1) is 5.82 Å². The molecule has 134 valence electrons. The number of nitrogens with zero attached hydrogens (tertiary/aromatic N) is 1. The van der Waals surface area contributed by atoms with Gasteiger partial charge in [0.15, 0.2) is 0 Å². The molecular formula is C17H19ClFN3O2S. The molecule has 5 nitrogen and oxygen atoms in total. The Morgan fingerprint density at radius 2 is 2.00 bits per heavy atom. The van der Waals surface area contributed by atoms with Crippen LogP contribution in [0.25, 0.3) is 0 Å². The number of fused-ring (bicyclic) bond motifs is 1. The Morgan fingerprint density at radius 3 is 2.64 bits per heavy atom. The molecule has 1 aliphatic heterocycles. The minimum atomic E-state index is -0.519. The van der Waals surface area contributed by atoms with Gasteiger partial charge in [-0.05, 0) is 36.7 Å². The number of rotatable bonds is 4. The van der Waals surface area contributed by atoms with Gasteiger partial charge >= 0.3 is 0 Å². The third-order valence-electron chi connectivity index (χ3n) is 4.03. The molecule has 0 aliphatic carbocycles. The van der Waals surface area contributed by atoms with E-state index < -0.39 is 5.91 Å². The summed E-state index contributed by atoms with van der Waals surface area (Å²) < 4.78 is 12.9. The minimum absolute atomic E-state index is 0. The van der Waals surface area contributed by atoms with Crippen molar-refractivity contribution in [2.24, 2.45) is 5.73 Å². The molecule has 25 heavy (non-hydrogen) atoms. The largest absolute Gasteiger partial charge is 0.365 e. The van der Waals surface area contributed by atoms with Crippen molar-refractivity contribution in [2.45, 2.75) is 19.4 Å². The van der Waals surface area contributed by atoms with E-state index in [4.69, 9.17) is 5.73 Å². The van der Waals surface area contributed by atoms with E-state index in [1.54, 1.807) is 12.1 Å². The molecule has 0 saturated carbocycles. The van der Waals surface area contributed by atoms with Gasteiger partial charge in [0.05, 0.1) is 12.0 Å². The Balaban J connectivity index is 0.00000225. The maximum absolute atomic E-state index is 12.9. The predicted molar refractivity (Wildman–Crippen MR) is 98.9 cm³/mol. The molecule has 0 radical (unpaired) electrons. The number of hydrogen-bond acceptors (Lipinski definition) is 4. The van der Waals surface area contributed by atoms with E-state index in [0.29, 0.717) is 16.1 Å². The highest BCUT2D eigenvalue weighted by molar-refractivity contribution is 7.17. The highest BCUT2D eigenvalue weighted by Crippen LogP contribution is 2.36. The smallest absolute Gasteiger partial charge is 0.251 e. The van der Waals surface area contributed by atoms with Crippen molar-refractivity contribution in [2.75, 3.05) is 18.9 Å². The van der Waals surface area contributed by atoms with Crippen LogP contribution in [0.4, 0.5) is 9.39 Å². The number of carbonyl (C=O) groups excluding carboxylic acids is 2. The number of primary amides is 1. The van der Waals surface area contributed by atoms with E-state index >= 15 is 0 Å². The van der Waals surface area contributed by atoms with Crippen molar-refractivity contribution in [3.05, 3.63) is 51.7 Å². The van der Waals surface area contributed by atoms with E-state index in [-0.39, 0.29) is 30.6 Å². The number of likely N-dealkylation sites (N-methyl/N-ethyl adjacent to an activating group) is 1. The van der Waals surface area contributed by atoms with E-state index in [1.807, 2.05) is 7.05 Å². The second-order valence-electron chi connectivity index (χ2n) is 5.91. The number of nitrogens with two attached hydrogens (primary N) is 1. The van der Waals surface area contributed by atoms with Crippen molar-refractivity contribution in [3.8, 4) is 0 Å². The van der Waals surface area contributed by atoms with Crippen molar-refractivity contribution in [1.29, 1.82) is 0 Å². The summed E-state index contributed by atoms with van der Waals surface area (Å²) in [6, 6.07) is 5.77. The van der Waals surface area contributed by atoms with Gasteiger partial charge in [0.2, 0.25) is 5.91 Å². The zero-order valence-corrected chi connectivity index (χ0v) is 15.3. The van der Waals surface area contributed by atoms with Gasteiger partial charge in [-0.1, -0.05) is 12.1 Å². The van der Waals surface area contributed by atoms with Crippen LogP contribution in [0.3, 0.4) is 0 Å². The zero-order valence-electron chi connectivity index (χ0n) is 13.7. The van der Waals surface area contributed by atoms with Gasteiger partial charge in [-0.2, -0.15) is 0 Å². The van der Waals surface area contributed by atoms with E-state index in [2.05, 4.69) is 10.2 Å². The molecule has 2 aromatic rings. The summed E-state index contributed by atoms with van der Waals surface area (Å²) in [5.74, 6) is -1.12. The zero-order chi connectivity index (χ0) is 17.3. The third kappa shape index (κ3) is 4.36.